The van der Waals surface area contributed by atoms with Gasteiger partial charge in [0, 0.05) is 17.3 Å². The molecule has 0 aliphatic rings. The van der Waals surface area contributed by atoms with Crippen molar-refractivity contribution in [2.45, 2.75) is 13.8 Å². The van der Waals surface area contributed by atoms with E-state index in [2.05, 4.69) is 28.8 Å². The minimum Gasteiger partial charge on any atom is -0.476 e. The van der Waals surface area contributed by atoms with Crippen LogP contribution in [0.5, 0.6) is 5.88 Å². The van der Waals surface area contributed by atoms with Crippen LogP contribution in [0.15, 0.2) is 36.4 Å². The van der Waals surface area contributed by atoms with Gasteiger partial charge in [-0.15, -0.1) is 10.2 Å². The number of rotatable bonds is 6. The number of ether oxygens (including phenoxy) is 1. The summed E-state index contributed by atoms with van der Waals surface area (Å²) in [5.74, 6) is 0.892. The van der Waals surface area contributed by atoms with Crippen LogP contribution in [0.1, 0.15) is 13.8 Å². The largest absolute Gasteiger partial charge is 0.476 e. The molecule has 0 aliphatic carbocycles. The molecule has 7 heteroatoms. The normalized spacial score (nSPS) is 11.5. The lowest BCUT2D eigenvalue weighted by molar-refractivity contribution is 0.258. The van der Waals surface area contributed by atoms with Crippen molar-refractivity contribution in [1.82, 2.24) is 10.2 Å². The highest BCUT2D eigenvalue weighted by atomic mass is 32.2. The molecule has 1 N–H and O–H groups in total. The third kappa shape index (κ3) is 5.00. The third-order valence-corrected chi connectivity index (χ3v) is 3.27. The molecule has 1 heterocycles. The van der Waals surface area contributed by atoms with Crippen LogP contribution in [-0.4, -0.2) is 31.5 Å². The Balaban J connectivity index is 2.16. The van der Waals surface area contributed by atoms with Gasteiger partial charge in [-0.3, -0.25) is 4.72 Å². The van der Waals surface area contributed by atoms with Crippen molar-refractivity contribution >= 4 is 15.7 Å². The lowest BCUT2D eigenvalue weighted by atomic mass is 10.1. The maximum atomic E-state index is 11.3. The van der Waals surface area contributed by atoms with Gasteiger partial charge < -0.3 is 4.74 Å². The van der Waals surface area contributed by atoms with E-state index < -0.39 is 10.0 Å². The highest BCUT2D eigenvalue weighted by molar-refractivity contribution is 7.92. The topological polar surface area (TPSA) is 81.2 Å². The van der Waals surface area contributed by atoms with Gasteiger partial charge in [0.2, 0.25) is 15.9 Å². The molecule has 0 radical (unpaired) electrons. The highest BCUT2D eigenvalue weighted by Crippen LogP contribution is 2.22. The van der Waals surface area contributed by atoms with Gasteiger partial charge in [-0.25, -0.2) is 8.42 Å². The Kier molecular flexibility index (Phi) is 4.97. The number of aromatic nitrogens is 2. The molecule has 22 heavy (non-hydrogen) atoms. The molecular weight excluding hydrogens is 302 g/mol. The second kappa shape index (κ2) is 6.74. The molecule has 1 aromatic carbocycles. The van der Waals surface area contributed by atoms with Crippen LogP contribution in [0, 0.1) is 5.92 Å². The lowest BCUT2D eigenvalue weighted by Crippen LogP contribution is -2.09. The smallest absolute Gasteiger partial charge is 0.233 e. The van der Waals surface area contributed by atoms with E-state index in [0.717, 1.165) is 11.8 Å². The van der Waals surface area contributed by atoms with Crippen molar-refractivity contribution in [3.05, 3.63) is 36.4 Å². The van der Waals surface area contributed by atoms with Crippen molar-refractivity contribution in [3.8, 4) is 17.1 Å². The van der Waals surface area contributed by atoms with Crippen molar-refractivity contribution < 1.29 is 13.2 Å². The van der Waals surface area contributed by atoms with Crippen LogP contribution < -0.4 is 9.46 Å². The fraction of sp³-hybridized carbons (Fsp3) is 0.333. The van der Waals surface area contributed by atoms with Gasteiger partial charge >= 0.3 is 0 Å². The van der Waals surface area contributed by atoms with Crippen LogP contribution in [0.4, 0.5) is 5.69 Å². The number of hydrogen-bond donors (Lipinski definition) is 1. The molecule has 0 aliphatic heterocycles. The third-order valence-electron chi connectivity index (χ3n) is 2.67. The molecule has 2 aromatic rings. The van der Waals surface area contributed by atoms with E-state index in [0.29, 0.717) is 29.8 Å². The molecular formula is C15H19N3O3S. The summed E-state index contributed by atoms with van der Waals surface area (Å²) in [6.45, 7) is 4.70. The number of benzene rings is 1. The second-order valence-corrected chi connectivity index (χ2v) is 7.17. The first-order valence-electron chi connectivity index (χ1n) is 6.88. The Morgan fingerprint density at radius 3 is 2.55 bits per heavy atom. The molecule has 0 saturated heterocycles. The number of nitrogens with one attached hydrogen (secondary N) is 1. The first-order valence-corrected chi connectivity index (χ1v) is 8.77. The van der Waals surface area contributed by atoms with Crippen LogP contribution in [-0.2, 0) is 10.0 Å². The zero-order valence-electron chi connectivity index (χ0n) is 12.8. The molecule has 0 atom stereocenters. The predicted molar refractivity (Wildman–Crippen MR) is 86.3 cm³/mol. The fourth-order valence-corrected chi connectivity index (χ4v) is 2.31. The minimum atomic E-state index is -3.30. The monoisotopic (exact) mass is 321 g/mol. The Bertz CT molecular complexity index is 728. The van der Waals surface area contributed by atoms with E-state index >= 15 is 0 Å². The van der Waals surface area contributed by atoms with Gasteiger partial charge in [0.1, 0.15) is 0 Å². The second-order valence-electron chi connectivity index (χ2n) is 5.42. The Hall–Kier alpha value is -2.15. The maximum Gasteiger partial charge on any atom is 0.233 e. The zero-order valence-corrected chi connectivity index (χ0v) is 13.6. The molecule has 0 fully saturated rings. The van der Waals surface area contributed by atoms with E-state index in [-0.39, 0.29) is 0 Å². The maximum absolute atomic E-state index is 11.3. The molecule has 0 spiro atoms. The van der Waals surface area contributed by atoms with Crippen LogP contribution in [0.3, 0.4) is 0 Å². The van der Waals surface area contributed by atoms with Gasteiger partial charge in [0.25, 0.3) is 0 Å². The summed E-state index contributed by atoms with van der Waals surface area (Å²) in [7, 11) is -3.30. The first-order chi connectivity index (χ1) is 10.3. The Morgan fingerprint density at radius 1 is 1.18 bits per heavy atom. The van der Waals surface area contributed by atoms with Gasteiger partial charge in [-0.05, 0) is 24.1 Å². The van der Waals surface area contributed by atoms with Gasteiger partial charge in [0.15, 0.2) is 0 Å². The molecule has 1 aromatic heterocycles. The standard InChI is InChI=1S/C15H19N3O3S/c1-11(2)10-21-15-8-7-14(16-17-15)12-5-4-6-13(9-12)18-22(3,19)20/h4-9,11,18H,10H2,1-3H3. The summed E-state index contributed by atoms with van der Waals surface area (Å²) in [4.78, 5) is 0. The van der Waals surface area contributed by atoms with E-state index in [1.54, 1.807) is 30.3 Å². The van der Waals surface area contributed by atoms with Crippen LogP contribution in [0.2, 0.25) is 0 Å². The van der Waals surface area contributed by atoms with Gasteiger partial charge in [-0.1, -0.05) is 26.0 Å². The average Bonchev–Trinajstić information content (AvgIpc) is 2.44. The highest BCUT2D eigenvalue weighted by Gasteiger charge is 2.06. The summed E-state index contributed by atoms with van der Waals surface area (Å²) in [5, 5.41) is 8.13. The van der Waals surface area contributed by atoms with E-state index in [1.165, 1.54) is 0 Å². The van der Waals surface area contributed by atoms with Crippen LogP contribution in [0.25, 0.3) is 11.3 Å². The van der Waals surface area contributed by atoms with E-state index in [1.807, 2.05) is 6.07 Å². The predicted octanol–water partition coefficient (Wildman–Crippen LogP) is 2.55. The van der Waals surface area contributed by atoms with Gasteiger partial charge in [-0.2, -0.15) is 0 Å². The summed E-state index contributed by atoms with van der Waals surface area (Å²) in [6, 6.07) is 10.5. The number of sulfonamides is 1. The summed E-state index contributed by atoms with van der Waals surface area (Å²) in [5.41, 5.74) is 1.91. The molecule has 0 saturated carbocycles. The molecule has 6 nitrogen and oxygen atoms in total. The zero-order chi connectivity index (χ0) is 16.2. The van der Waals surface area contributed by atoms with Crippen LogP contribution >= 0.6 is 0 Å². The average molecular weight is 321 g/mol. The molecule has 0 bridgehead atoms. The summed E-state index contributed by atoms with van der Waals surface area (Å²) >= 11 is 0. The summed E-state index contributed by atoms with van der Waals surface area (Å²) in [6.07, 6.45) is 1.11. The number of anilines is 1. The Morgan fingerprint density at radius 2 is 1.95 bits per heavy atom. The molecule has 2 rings (SSSR count). The number of hydrogen-bond acceptors (Lipinski definition) is 5. The minimum absolute atomic E-state index is 0.417. The fourth-order valence-electron chi connectivity index (χ4n) is 1.76. The lowest BCUT2D eigenvalue weighted by Gasteiger charge is -2.08. The van der Waals surface area contributed by atoms with E-state index in [4.69, 9.17) is 4.74 Å². The van der Waals surface area contributed by atoms with Crippen molar-refractivity contribution in [2.75, 3.05) is 17.6 Å². The van der Waals surface area contributed by atoms with E-state index in [9.17, 15) is 8.42 Å². The number of nitrogens with zero attached hydrogens (tertiary/aromatic N) is 2. The molecule has 0 unspecified atom stereocenters. The van der Waals surface area contributed by atoms with Crippen molar-refractivity contribution in [3.63, 3.8) is 0 Å². The molecule has 118 valence electrons. The SMILES string of the molecule is CC(C)COc1ccc(-c2cccc(NS(C)(=O)=O)c2)nn1. The Labute approximate surface area is 130 Å². The van der Waals surface area contributed by atoms with Crippen molar-refractivity contribution in [2.24, 2.45) is 5.92 Å². The van der Waals surface area contributed by atoms with Crippen molar-refractivity contribution in [1.29, 1.82) is 0 Å². The quantitative estimate of drug-likeness (QED) is 0.884. The van der Waals surface area contributed by atoms with Gasteiger partial charge in [0.05, 0.1) is 18.6 Å². The molecule has 0 amide bonds. The first kappa shape index (κ1) is 16.2. The summed E-state index contributed by atoms with van der Waals surface area (Å²) < 4.78 is 30.4.